The SMILES string of the molecule is CCC(CC)(c1ccc(C#CC(O)(C(F)(F)F)C(F)(F)F)c(C)c1)c1ccc(CC[C@H](O)CC(=O)O)c(C)c1.CCOC(=O)C[C@H](CCc1ccc(C(CC)(CC)c2ccc(C#CC(OCOC)(C(F)(F)F)C(F)(F)F)c(C)c2)cc1C)O[Si](C)(C)C(C)(C)C. The third-order valence-electron chi connectivity index (χ3n) is 17.4. The Balaban J connectivity index is 0.000000487. The van der Waals surface area contributed by atoms with Crippen molar-refractivity contribution in [3.63, 3.8) is 0 Å². The number of aliphatic carboxylic acids is 1. The van der Waals surface area contributed by atoms with Gasteiger partial charge in [-0.3, -0.25) is 9.59 Å². The number of carboxylic acids is 1. The summed E-state index contributed by atoms with van der Waals surface area (Å²) >= 11 is 0. The van der Waals surface area contributed by atoms with Crippen molar-refractivity contribution in [2.45, 2.75) is 224 Å². The molecule has 0 spiro atoms. The van der Waals surface area contributed by atoms with Gasteiger partial charge < -0.3 is 34.0 Å². The van der Waals surface area contributed by atoms with Crippen molar-refractivity contribution in [3.05, 3.63) is 140 Å². The lowest BCUT2D eigenvalue weighted by Crippen LogP contribution is -2.58. The number of aryl methyl sites for hydroxylation is 6. The van der Waals surface area contributed by atoms with E-state index in [4.69, 9.17) is 14.3 Å². The van der Waals surface area contributed by atoms with Crippen LogP contribution in [0, 0.1) is 51.4 Å². The third-order valence-corrected chi connectivity index (χ3v) is 21.9. The van der Waals surface area contributed by atoms with Gasteiger partial charge in [0.25, 0.3) is 0 Å². The third kappa shape index (κ3) is 18.7. The number of ether oxygens (including phenoxy) is 3. The maximum Gasteiger partial charge on any atom is 0.438 e. The van der Waals surface area contributed by atoms with E-state index in [9.17, 15) is 72.5 Å². The van der Waals surface area contributed by atoms with Crippen molar-refractivity contribution in [3.8, 4) is 23.7 Å². The number of methoxy groups -OCH3 is 1. The maximum absolute atomic E-state index is 13.8. The average Bonchev–Trinajstić information content (AvgIpc) is 0.811. The van der Waals surface area contributed by atoms with Gasteiger partial charge in [0.15, 0.2) is 8.32 Å². The zero-order chi connectivity index (χ0) is 68.9. The number of aliphatic hydroxyl groups is 2. The molecular formula is C68H86F12O9Si. The van der Waals surface area contributed by atoms with Gasteiger partial charge in [0.2, 0.25) is 0 Å². The van der Waals surface area contributed by atoms with E-state index < -0.39 is 73.9 Å². The number of carbonyl (C=O) groups excluding carboxylic acids is 1. The van der Waals surface area contributed by atoms with Gasteiger partial charge >= 0.3 is 47.8 Å². The van der Waals surface area contributed by atoms with Crippen LogP contribution in [-0.2, 0) is 51.9 Å². The highest BCUT2D eigenvalue weighted by atomic mass is 28.4. The number of carboxylic acid groups (broad SMARTS) is 1. The van der Waals surface area contributed by atoms with Crippen molar-refractivity contribution < 1.29 is 96.2 Å². The summed E-state index contributed by atoms with van der Waals surface area (Å²) in [5.41, 5.74) is -2.38. The number of halogens is 12. The molecule has 4 rings (SSSR count). The fraction of sp³-hybridized carbons (Fsp3) is 0.559. The van der Waals surface area contributed by atoms with Crippen LogP contribution in [0.3, 0.4) is 0 Å². The molecule has 90 heavy (non-hydrogen) atoms. The number of esters is 1. The molecule has 0 bridgehead atoms. The normalized spacial score (nSPS) is 13.7. The Morgan fingerprint density at radius 3 is 1.29 bits per heavy atom. The van der Waals surface area contributed by atoms with Gasteiger partial charge in [-0.1, -0.05) is 121 Å². The van der Waals surface area contributed by atoms with Crippen LogP contribution in [0.4, 0.5) is 52.7 Å². The molecule has 0 unspecified atom stereocenters. The first kappa shape index (κ1) is 78.4. The van der Waals surface area contributed by atoms with E-state index in [0.717, 1.165) is 57.5 Å². The summed E-state index contributed by atoms with van der Waals surface area (Å²) < 4.78 is 181. The summed E-state index contributed by atoms with van der Waals surface area (Å²) in [6, 6.07) is 21.8. The number of rotatable bonds is 24. The van der Waals surface area contributed by atoms with E-state index in [1.165, 1.54) is 25.0 Å². The standard InChI is InChI=1S/C39H54F6O5Si.C29H32F6O4/c1-12-36(13-2,32-19-16-30(28(5)24-32)21-22-37(38(40,41)42,39(43,44)45)49-26-47-9)31-18-15-29(27(4)23-31)17-20-33(25-34(46)48-14-3)50-51(10,11)35(6,7)8;1-5-26(6-2,22-10-7-20(18(3)15-22)9-12-24(36)17-25(37)38)23-11-8-21(19(4)16-23)13-14-27(39,28(30,31)32)29(33,34)35/h15-16,18-19,23-24,33H,12-14,17,20,25-26H2,1-11H3;7-8,10-11,15-16,24,36,39H,5-6,9,12,17H2,1-4H3,(H,37,38)/t33-;24-/m00/s1. The minimum Gasteiger partial charge on any atom is -0.481 e. The van der Waals surface area contributed by atoms with E-state index in [0.29, 0.717) is 69.1 Å². The minimum absolute atomic E-state index is 0.0163. The first-order valence-corrected chi connectivity index (χ1v) is 32.6. The van der Waals surface area contributed by atoms with Crippen LogP contribution in [-0.4, -0.2) is 104 Å². The Morgan fingerprint density at radius 1 is 0.567 bits per heavy atom. The van der Waals surface area contributed by atoms with Crippen LogP contribution < -0.4 is 0 Å². The van der Waals surface area contributed by atoms with E-state index >= 15 is 0 Å². The number of aliphatic hydroxyl groups excluding tert-OH is 1. The highest BCUT2D eigenvalue weighted by molar-refractivity contribution is 6.74. The quantitative estimate of drug-likeness (QED) is 0.0206. The van der Waals surface area contributed by atoms with Gasteiger partial charge in [0.1, 0.15) is 6.79 Å². The molecule has 0 aliphatic heterocycles. The first-order chi connectivity index (χ1) is 41.4. The highest BCUT2D eigenvalue weighted by Crippen LogP contribution is 2.48. The van der Waals surface area contributed by atoms with E-state index in [-0.39, 0.29) is 41.1 Å². The fourth-order valence-electron chi connectivity index (χ4n) is 10.6. The highest BCUT2D eigenvalue weighted by Gasteiger charge is 2.73. The molecule has 4 aromatic rings. The zero-order valence-corrected chi connectivity index (χ0v) is 54.9. The minimum atomic E-state index is -6.02. The van der Waals surface area contributed by atoms with E-state index in [1.54, 1.807) is 38.1 Å². The second-order valence-electron chi connectivity index (χ2n) is 24.2. The summed E-state index contributed by atoms with van der Waals surface area (Å²) in [5.74, 6) is 4.98. The Hall–Kier alpha value is -5.88. The van der Waals surface area contributed by atoms with Gasteiger partial charge in [-0.05, 0) is 184 Å². The molecule has 2 atom stereocenters. The molecule has 0 saturated heterocycles. The van der Waals surface area contributed by atoms with Crippen molar-refractivity contribution in [1.29, 1.82) is 0 Å². The number of hydrogen-bond acceptors (Lipinski definition) is 8. The molecule has 0 heterocycles. The molecule has 4 aromatic carbocycles. The summed E-state index contributed by atoms with van der Waals surface area (Å²) in [6.45, 7) is 26.8. The Kier molecular flexibility index (Phi) is 27.1. The molecule has 0 amide bonds. The van der Waals surface area contributed by atoms with E-state index in [1.807, 2.05) is 65.7 Å². The fourth-order valence-corrected chi connectivity index (χ4v) is 12.0. The molecule has 9 nitrogen and oxygen atoms in total. The average molecular weight is 1300 g/mol. The lowest BCUT2D eigenvalue weighted by atomic mass is 9.69. The Labute approximate surface area is 522 Å². The molecule has 0 saturated carbocycles. The molecule has 22 heteroatoms. The second kappa shape index (κ2) is 31.2. The smallest absolute Gasteiger partial charge is 0.438 e. The van der Waals surface area contributed by atoms with Crippen LogP contribution in [0.5, 0.6) is 0 Å². The molecule has 500 valence electrons. The lowest BCUT2D eigenvalue weighted by molar-refractivity contribution is -0.368. The predicted molar refractivity (Wildman–Crippen MR) is 324 cm³/mol. The van der Waals surface area contributed by atoms with Crippen LogP contribution in [0.25, 0.3) is 0 Å². The van der Waals surface area contributed by atoms with Crippen LogP contribution in [0.2, 0.25) is 18.1 Å². The number of benzene rings is 4. The summed E-state index contributed by atoms with van der Waals surface area (Å²) in [4.78, 5) is 23.3. The molecule has 0 aliphatic carbocycles. The van der Waals surface area contributed by atoms with Gasteiger partial charge in [-0.2, -0.15) is 52.7 Å². The van der Waals surface area contributed by atoms with Gasteiger partial charge in [0.05, 0.1) is 31.7 Å². The van der Waals surface area contributed by atoms with Crippen LogP contribution >= 0.6 is 0 Å². The number of carbonyl (C=O) groups is 2. The Morgan fingerprint density at radius 2 is 0.956 bits per heavy atom. The molecule has 0 fully saturated rings. The lowest BCUT2D eigenvalue weighted by Gasteiger charge is -2.39. The Bertz CT molecular complexity index is 3150. The predicted octanol–water partition coefficient (Wildman–Crippen LogP) is 16.9. The van der Waals surface area contributed by atoms with Crippen molar-refractivity contribution in [2.24, 2.45) is 0 Å². The first-order valence-electron chi connectivity index (χ1n) is 29.7. The molecular weight excluding hydrogens is 1220 g/mol. The molecule has 0 radical (unpaired) electrons. The molecule has 0 aromatic heterocycles. The summed E-state index contributed by atoms with van der Waals surface area (Å²) in [6.07, 6.45) is -20.4. The number of alkyl halides is 12. The topological polar surface area (TPSA) is 132 Å². The molecule has 3 N–H and O–H groups in total. The van der Waals surface area contributed by atoms with Crippen molar-refractivity contribution in [2.75, 3.05) is 20.5 Å². The van der Waals surface area contributed by atoms with Crippen molar-refractivity contribution in [1.82, 2.24) is 0 Å². The van der Waals surface area contributed by atoms with E-state index in [2.05, 4.69) is 67.5 Å². The number of hydrogen-bond donors (Lipinski definition) is 3. The molecule has 0 aliphatic rings. The van der Waals surface area contributed by atoms with Crippen LogP contribution in [0.1, 0.15) is 174 Å². The van der Waals surface area contributed by atoms with Crippen molar-refractivity contribution >= 4 is 20.3 Å². The van der Waals surface area contributed by atoms with Gasteiger partial charge in [-0.15, -0.1) is 0 Å². The van der Waals surface area contributed by atoms with Gasteiger partial charge in [0, 0.05) is 29.1 Å². The summed E-state index contributed by atoms with van der Waals surface area (Å²) in [7, 11) is -1.24. The maximum atomic E-state index is 13.8. The zero-order valence-electron chi connectivity index (χ0n) is 53.9. The largest absolute Gasteiger partial charge is 0.481 e. The van der Waals surface area contributed by atoms with Crippen LogP contribution in [0.15, 0.2) is 72.8 Å². The second-order valence-corrected chi connectivity index (χ2v) is 28.9. The van der Waals surface area contributed by atoms with Gasteiger partial charge in [-0.25, -0.2) is 0 Å². The monoisotopic (exact) mass is 1300 g/mol. The summed E-state index contributed by atoms with van der Waals surface area (Å²) in [5, 5.41) is 28.0.